The Morgan fingerprint density at radius 1 is 1.11 bits per heavy atom. The van der Waals surface area contributed by atoms with Crippen LogP contribution in [0.15, 0.2) is 5.10 Å². The molecule has 160 valence electrons. The Morgan fingerprint density at radius 2 is 1.71 bits per heavy atom. The molecular weight excluding hydrogens is 374 g/mol. The van der Waals surface area contributed by atoms with Gasteiger partial charge < -0.3 is 10.1 Å². The molecule has 0 aromatic heterocycles. The Labute approximate surface area is 174 Å². The predicted octanol–water partition coefficient (Wildman–Crippen LogP) is 5.28. The first-order chi connectivity index (χ1) is 13.4. The summed E-state index contributed by atoms with van der Waals surface area (Å²) in [5, 5.41) is 9.37. The van der Waals surface area contributed by atoms with Crippen molar-refractivity contribution < 1.29 is 14.3 Å². The second-order valence-corrected chi connectivity index (χ2v) is 10.1. The van der Waals surface area contributed by atoms with Gasteiger partial charge in [0.2, 0.25) is 0 Å². The number of ether oxygens (including phenoxy) is 1. The van der Waals surface area contributed by atoms with E-state index in [9.17, 15) is 9.59 Å². The third-order valence-electron chi connectivity index (χ3n) is 5.09. The molecule has 0 bridgehead atoms. The van der Waals surface area contributed by atoms with E-state index in [4.69, 9.17) is 4.74 Å². The Hall–Kier alpha value is -1.24. The predicted molar refractivity (Wildman–Crippen MR) is 115 cm³/mol. The summed E-state index contributed by atoms with van der Waals surface area (Å²) in [4.78, 5) is 25.7. The smallest absolute Gasteiger partial charge is 0.341 e. The van der Waals surface area contributed by atoms with Gasteiger partial charge in [-0.1, -0.05) is 78.0 Å². The second kappa shape index (κ2) is 11.7. The third-order valence-corrected chi connectivity index (χ3v) is 5.95. The van der Waals surface area contributed by atoms with Crippen LogP contribution in [0, 0.1) is 5.92 Å². The van der Waals surface area contributed by atoms with E-state index in [0.717, 1.165) is 32.1 Å². The fourth-order valence-corrected chi connectivity index (χ4v) is 4.17. The van der Waals surface area contributed by atoms with Crippen molar-refractivity contribution in [1.82, 2.24) is 10.3 Å². The summed E-state index contributed by atoms with van der Waals surface area (Å²) in [5.74, 6) is 0.346. The fraction of sp³-hybridized carbons (Fsp3) is 0.857. The minimum absolute atomic E-state index is 0.0820. The number of rotatable bonds is 6. The van der Waals surface area contributed by atoms with E-state index in [1.165, 1.54) is 42.5 Å². The molecule has 1 unspecified atom stereocenters. The first kappa shape index (κ1) is 23.0. The molecule has 1 heterocycles. The van der Waals surface area contributed by atoms with Gasteiger partial charge in [0.05, 0.1) is 0 Å². The van der Waals surface area contributed by atoms with Crippen molar-refractivity contribution in [2.24, 2.45) is 11.0 Å². The lowest BCUT2D eigenvalue weighted by Gasteiger charge is -2.24. The third kappa shape index (κ3) is 7.64. The van der Waals surface area contributed by atoms with Gasteiger partial charge in [0.25, 0.3) is 11.5 Å². The van der Waals surface area contributed by atoms with Gasteiger partial charge in [-0.2, -0.15) is 5.01 Å². The van der Waals surface area contributed by atoms with Crippen LogP contribution in [-0.4, -0.2) is 39.6 Å². The number of nitrogens with zero attached hydrogens (tertiary/aromatic N) is 2. The van der Waals surface area contributed by atoms with E-state index < -0.39 is 6.23 Å². The number of hydrogen-bond donors (Lipinski definition) is 1. The summed E-state index contributed by atoms with van der Waals surface area (Å²) in [6.07, 6.45) is 9.51. The lowest BCUT2D eigenvalue weighted by Crippen LogP contribution is -2.48. The van der Waals surface area contributed by atoms with Crippen molar-refractivity contribution in [2.75, 3.05) is 0 Å². The molecule has 1 aliphatic carbocycles. The minimum Gasteiger partial charge on any atom is -0.438 e. The van der Waals surface area contributed by atoms with Crippen LogP contribution in [0.4, 0.5) is 4.79 Å². The van der Waals surface area contributed by atoms with E-state index in [1.54, 1.807) is 0 Å². The monoisotopic (exact) mass is 411 g/mol. The van der Waals surface area contributed by atoms with Crippen LogP contribution in [0.5, 0.6) is 0 Å². The summed E-state index contributed by atoms with van der Waals surface area (Å²) in [6, 6.07) is -0.166. The molecule has 2 amide bonds. The standard InChI is InChI=1S/C21H37N3O3S/c1-15(2)13-14-18(25)19-24(23-21(27-19)28-16(3)4)20(26)22-17-11-9-7-5-6-8-10-12-17/h15-17,19H,5-14H2,1-4H3,(H,22,26). The molecule has 28 heavy (non-hydrogen) atoms. The molecular formula is C21H37N3O3S. The van der Waals surface area contributed by atoms with Crippen molar-refractivity contribution in [3.05, 3.63) is 0 Å². The molecule has 7 heteroatoms. The number of nitrogens with one attached hydrogen (secondary N) is 1. The van der Waals surface area contributed by atoms with Crippen molar-refractivity contribution in [1.29, 1.82) is 0 Å². The molecule has 1 N–H and O–H groups in total. The molecule has 1 saturated carbocycles. The van der Waals surface area contributed by atoms with Crippen molar-refractivity contribution in [3.63, 3.8) is 0 Å². The minimum atomic E-state index is -0.934. The maximum Gasteiger partial charge on any atom is 0.341 e. The number of Topliss-reactive ketones (excluding diaryl/α,β-unsaturated/α-hetero) is 1. The zero-order chi connectivity index (χ0) is 20.5. The largest absolute Gasteiger partial charge is 0.438 e. The van der Waals surface area contributed by atoms with E-state index in [-0.39, 0.29) is 23.1 Å². The van der Waals surface area contributed by atoms with Gasteiger partial charge in [-0.3, -0.25) is 4.79 Å². The van der Waals surface area contributed by atoms with Crippen LogP contribution in [-0.2, 0) is 9.53 Å². The molecule has 0 spiro atoms. The SMILES string of the molecule is CC(C)CCC(=O)C1OC(SC(C)C)=NN1C(=O)NC1CCCCCCCC1. The molecule has 0 saturated heterocycles. The van der Waals surface area contributed by atoms with Gasteiger partial charge in [0.15, 0.2) is 5.78 Å². The first-order valence-electron chi connectivity index (χ1n) is 10.9. The lowest BCUT2D eigenvalue weighted by atomic mass is 10.0. The summed E-state index contributed by atoms with van der Waals surface area (Å²) < 4.78 is 5.78. The Morgan fingerprint density at radius 3 is 2.29 bits per heavy atom. The molecule has 1 atom stereocenters. The van der Waals surface area contributed by atoms with Crippen LogP contribution < -0.4 is 5.32 Å². The van der Waals surface area contributed by atoms with E-state index in [2.05, 4.69) is 24.3 Å². The van der Waals surface area contributed by atoms with Crippen LogP contribution in [0.3, 0.4) is 0 Å². The zero-order valence-corrected chi connectivity index (χ0v) is 18.7. The average molecular weight is 412 g/mol. The number of carbonyl (C=O) groups excluding carboxylic acids is 2. The van der Waals surface area contributed by atoms with Crippen LogP contribution >= 0.6 is 11.8 Å². The van der Waals surface area contributed by atoms with Crippen LogP contribution in [0.2, 0.25) is 0 Å². The van der Waals surface area contributed by atoms with Gasteiger partial charge in [0, 0.05) is 17.7 Å². The maximum absolute atomic E-state index is 12.9. The van der Waals surface area contributed by atoms with E-state index >= 15 is 0 Å². The lowest BCUT2D eigenvalue weighted by molar-refractivity contribution is -0.131. The number of urea groups is 1. The molecule has 1 fully saturated rings. The van der Waals surface area contributed by atoms with Crippen LogP contribution in [0.1, 0.15) is 91.9 Å². The van der Waals surface area contributed by atoms with Crippen molar-refractivity contribution in [3.8, 4) is 0 Å². The molecule has 0 radical (unpaired) electrons. The number of amides is 2. The van der Waals surface area contributed by atoms with Gasteiger partial charge >= 0.3 is 6.03 Å². The second-order valence-electron chi connectivity index (χ2n) is 8.59. The summed E-state index contributed by atoms with van der Waals surface area (Å²) >= 11 is 1.44. The maximum atomic E-state index is 12.9. The average Bonchev–Trinajstić information content (AvgIpc) is 3.08. The number of carbonyl (C=O) groups is 2. The van der Waals surface area contributed by atoms with Gasteiger partial charge in [0.1, 0.15) is 0 Å². The molecule has 6 nitrogen and oxygen atoms in total. The van der Waals surface area contributed by atoms with Crippen molar-refractivity contribution >= 4 is 28.8 Å². The number of hydrazone groups is 1. The van der Waals surface area contributed by atoms with E-state index in [1.807, 2.05) is 13.8 Å². The van der Waals surface area contributed by atoms with E-state index in [0.29, 0.717) is 17.6 Å². The highest BCUT2D eigenvalue weighted by molar-refractivity contribution is 8.14. The van der Waals surface area contributed by atoms with Crippen LogP contribution in [0.25, 0.3) is 0 Å². The molecule has 2 aliphatic rings. The molecule has 0 aromatic carbocycles. The van der Waals surface area contributed by atoms with Gasteiger partial charge in [-0.25, -0.2) is 4.79 Å². The van der Waals surface area contributed by atoms with Gasteiger partial charge in [-0.05, 0) is 25.2 Å². The summed E-state index contributed by atoms with van der Waals surface area (Å²) in [6.45, 7) is 8.24. The van der Waals surface area contributed by atoms with Gasteiger partial charge in [-0.15, -0.1) is 5.10 Å². The summed E-state index contributed by atoms with van der Waals surface area (Å²) in [5.41, 5.74) is 0. The molecule has 0 aromatic rings. The highest BCUT2D eigenvalue weighted by Gasteiger charge is 2.39. The Bertz CT molecular complexity index is 541. The van der Waals surface area contributed by atoms with Crippen molar-refractivity contribution in [2.45, 2.75) is 109 Å². The Balaban J connectivity index is 2.03. The number of hydrogen-bond acceptors (Lipinski definition) is 5. The summed E-state index contributed by atoms with van der Waals surface area (Å²) in [7, 11) is 0. The first-order valence-corrected chi connectivity index (χ1v) is 11.8. The Kier molecular flexibility index (Phi) is 9.62. The zero-order valence-electron chi connectivity index (χ0n) is 17.9. The number of ketones is 1. The highest BCUT2D eigenvalue weighted by Crippen LogP contribution is 2.25. The normalized spacial score (nSPS) is 21.7. The number of thioether (sulfide) groups is 1. The highest BCUT2D eigenvalue weighted by atomic mass is 32.2. The topological polar surface area (TPSA) is 71.0 Å². The fourth-order valence-electron chi connectivity index (χ4n) is 3.49. The molecule has 1 aliphatic heterocycles. The molecule has 2 rings (SSSR count). The quantitative estimate of drug-likeness (QED) is 0.646.